The molecule has 0 aliphatic heterocycles. The number of rotatable bonds is 7. The molecule has 0 rings (SSSR count). The smallest absolute Gasteiger partial charge is 0.194 e. The first-order valence-electron chi connectivity index (χ1n) is 5.92. The normalized spacial score (nSPS) is 21.8. The molecular weight excluding hydrogens is 194 g/mol. The molecule has 0 spiro atoms. The summed E-state index contributed by atoms with van der Waals surface area (Å²) in [5.41, 5.74) is 0. The van der Waals surface area contributed by atoms with Crippen molar-refractivity contribution in [3.8, 4) is 0 Å². The summed E-state index contributed by atoms with van der Waals surface area (Å²) < 4.78 is -0.0243. The molecule has 3 atom stereocenters. The summed E-state index contributed by atoms with van der Waals surface area (Å²) in [6, 6.07) is 0. The van der Waals surface area contributed by atoms with Gasteiger partial charge in [0.25, 0.3) is 0 Å². The SMILES string of the molecule is CCC(O)[N+](CC)(C(O)CC)C(O)CC. The lowest BCUT2D eigenvalue weighted by Gasteiger charge is -2.47. The van der Waals surface area contributed by atoms with E-state index in [1.807, 2.05) is 27.7 Å². The first-order chi connectivity index (χ1) is 7.00. The zero-order chi connectivity index (χ0) is 12.1. The molecule has 92 valence electrons. The maximum absolute atomic E-state index is 10.0. The van der Waals surface area contributed by atoms with Gasteiger partial charge in [-0.15, -0.1) is 0 Å². The maximum atomic E-state index is 10.0. The van der Waals surface area contributed by atoms with Crippen molar-refractivity contribution in [2.75, 3.05) is 6.54 Å². The van der Waals surface area contributed by atoms with Crippen LogP contribution in [0.25, 0.3) is 0 Å². The Bertz CT molecular complexity index is 149. The molecule has 4 nitrogen and oxygen atoms in total. The van der Waals surface area contributed by atoms with E-state index in [0.717, 1.165) is 0 Å². The Hall–Kier alpha value is -0.160. The van der Waals surface area contributed by atoms with Gasteiger partial charge in [-0.25, -0.2) is 4.48 Å². The molecule has 0 fully saturated rings. The van der Waals surface area contributed by atoms with E-state index < -0.39 is 18.7 Å². The molecule has 4 heteroatoms. The van der Waals surface area contributed by atoms with Crippen molar-refractivity contribution in [2.45, 2.75) is 65.6 Å². The number of hydrogen-bond donors (Lipinski definition) is 3. The van der Waals surface area contributed by atoms with Crippen molar-refractivity contribution in [3.05, 3.63) is 0 Å². The lowest BCUT2D eigenvalue weighted by Crippen LogP contribution is -2.66. The van der Waals surface area contributed by atoms with Crippen molar-refractivity contribution < 1.29 is 19.8 Å². The first kappa shape index (κ1) is 14.8. The van der Waals surface area contributed by atoms with Crippen LogP contribution in [-0.4, -0.2) is 45.0 Å². The molecule has 0 saturated heterocycles. The van der Waals surface area contributed by atoms with Crippen molar-refractivity contribution >= 4 is 0 Å². The Morgan fingerprint density at radius 3 is 1.13 bits per heavy atom. The largest absolute Gasteiger partial charge is 0.345 e. The standard InChI is InChI=1S/C11H26NO3/c1-5-9(13)12(8-4,10(14)6-2)11(15)7-3/h9-11,13-15H,5-8H2,1-4H3/q+1. The van der Waals surface area contributed by atoms with Crippen LogP contribution in [0.4, 0.5) is 0 Å². The van der Waals surface area contributed by atoms with Gasteiger partial charge >= 0.3 is 0 Å². The summed E-state index contributed by atoms with van der Waals surface area (Å²) in [5, 5.41) is 30.1. The molecular formula is C11H26NO3+. The van der Waals surface area contributed by atoms with E-state index in [0.29, 0.717) is 25.8 Å². The monoisotopic (exact) mass is 220 g/mol. The van der Waals surface area contributed by atoms with Gasteiger partial charge in [-0.1, -0.05) is 20.8 Å². The molecule has 15 heavy (non-hydrogen) atoms. The molecule has 0 aliphatic rings. The summed E-state index contributed by atoms with van der Waals surface area (Å²) in [5.74, 6) is 0. The van der Waals surface area contributed by atoms with Gasteiger partial charge in [0.05, 0.1) is 6.54 Å². The second kappa shape index (κ2) is 6.43. The van der Waals surface area contributed by atoms with E-state index in [9.17, 15) is 15.3 Å². The number of nitrogens with zero attached hydrogens (tertiary/aromatic N) is 1. The third kappa shape index (κ3) is 2.69. The van der Waals surface area contributed by atoms with Gasteiger partial charge in [0, 0.05) is 19.3 Å². The highest BCUT2D eigenvalue weighted by atomic mass is 16.4. The minimum atomic E-state index is -0.708. The van der Waals surface area contributed by atoms with Crippen LogP contribution < -0.4 is 0 Å². The minimum Gasteiger partial charge on any atom is -0.345 e. The zero-order valence-corrected chi connectivity index (χ0v) is 10.3. The Morgan fingerprint density at radius 2 is 1.00 bits per heavy atom. The van der Waals surface area contributed by atoms with Gasteiger partial charge in [-0.3, -0.25) is 0 Å². The summed E-state index contributed by atoms with van der Waals surface area (Å²) in [6.07, 6.45) is -0.536. The van der Waals surface area contributed by atoms with Crippen LogP contribution in [0.5, 0.6) is 0 Å². The van der Waals surface area contributed by atoms with Crippen LogP contribution >= 0.6 is 0 Å². The van der Waals surface area contributed by atoms with Gasteiger partial charge in [-0.2, -0.15) is 0 Å². The van der Waals surface area contributed by atoms with Crippen LogP contribution in [0.2, 0.25) is 0 Å². The van der Waals surface area contributed by atoms with Crippen LogP contribution in [-0.2, 0) is 0 Å². The molecule has 0 saturated carbocycles. The van der Waals surface area contributed by atoms with E-state index in [2.05, 4.69) is 0 Å². The topological polar surface area (TPSA) is 60.7 Å². The van der Waals surface area contributed by atoms with E-state index in [1.165, 1.54) is 0 Å². The maximum Gasteiger partial charge on any atom is 0.194 e. The third-order valence-corrected chi connectivity index (χ3v) is 3.31. The average molecular weight is 220 g/mol. The lowest BCUT2D eigenvalue weighted by molar-refractivity contribution is -1.04. The molecule has 0 heterocycles. The molecule has 0 bridgehead atoms. The molecule has 0 amide bonds. The fraction of sp³-hybridized carbons (Fsp3) is 1.00. The Kier molecular flexibility index (Phi) is 6.36. The molecule has 3 unspecified atom stereocenters. The Labute approximate surface area is 92.7 Å². The van der Waals surface area contributed by atoms with Gasteiger partial charge in [0.1, 0.15) is 0 Å². The second-order valence-electron chi connectivity index (χ2n) is 3.98. The van der Waals surface area contributed by atoms with Crippen molar-refractivity contribution in [1.29, 1.82) is 0 Å². The summed E-state index contributed by atoms with van der Waals surface area (Å²) >= 11 is 0. The van der Waals surface area contributed by atoms with Gasteiger partial charge in [0.15, 0.2) is 18.7 Å². The molecule has 0 aliphatic carbocycles. The first-order valence-corrected chi connectivity index (χ1v) is 5.92. The fourth-order valence-electron chi connectivity index (χ4n) is 2.25. The van der Waals surface area contributed by atoms with Crippen molar-refractivity contribution in [2.24, 2.45) is 0 Å². The van der Waals surface area contributed by atoms with Crippen molar-refractivity contribution in [1.82, 2.24) is 0 Å². The second-order valence-corrected chi connectivity index (χ2v) is 3.98. The van der Waals surface area contributed by atoms with Crippen LogP contribution in [0.3, 0.4) is 0 Å². The number of quaternary nitrogens is 1. The highest BCUT2D eigenvalue weighted by Gasteiger charge is 2.44. The highest BCUT2D eigenvalue weighted by Crippen LogP contribution is 2.25. The van der Waals surface area contributed by atoms with E-state index in [-0.39, 0.29) is 4.48 Å². The molecule has 0 aromatic carbocycles. The van der Waals surface area contributed by atoms with Crippen LogP contribution in [0.1, 0.15) is 47.0 Å². The fourth-order valence-corrected chi connectivity index (χ4v) is 2.25. The molecule has 0 radical (unpaired) electrons. The predicted octanol–water partition coefficient (Wildman–Crippen LogP) is 1.01. The Morgan fingerprint density at radius 1 is 0.733 bits per heavy atom. The van der Waals surface area contributed by atoms with Crippen molar-refractivity contribution in [3.63, 3.8) is 0 Å². The van der Waals surface area contributed by atoms with E-state index >= 15 is 0 Å². The predicted molar refractivity (Wildman–Crippen MR) is 59.7 cm³/mol. The van der Waals surface area contributed by atoms with E-state index in [1.54, 1.807) is 0 Å². The summed E-state index contributed by atoms with van der Waals surface area (Å²) in [4.78, 5) is 0. The molecule has 0 aromatic heterocycles. The average Bonchev–Trinajstić information content (AvgIpc) is 2.29. The lowest BCUT2D eigenvalue weighted by atomic mass is 10.1. The number of aliphatic hydroxyl groups is 3. The van der Waals surface area contributed by atoms with Gasteiger partial charge < -0.3 is 15.3 Å². The zero-order valence-electron chi connectivity index (χ0n) is 10.3. The van der Waals surface area contributed by atoms with Gasteiger partial charge in [-0.05, 0) is 6.92 Å². The number of hydrogen-bond acceptors (Lipinski definition) is 3. The third-order valence-electron chi connectivity index (χ3n) is 3.31. The summed E-state index contributed by atoms with van der Waals surface area (Å²) in [6.45, 7) is 7.99. The summed E-state index contributed by atoms with van der Waals surface area (Å²) in [7, 11) is 0. The molecule has 0 aromatic rings. The highest BCUT2D eigenvalue weighted by molar-refractivity contribution is 4.53. The van der Waals surface area contributed by atoms with Crippen LogP contribution in [0, 0.1) is 0 Å². The Balaban J connectivity index is 5.09. The number of aliphatic hydroxyl groups excluding tert-OH is 3. The molecule has 3 N–H and O–H groups in total. The minimum absolute atomic E-state index is 0.0243. The van der Waals surface area contributed by atoms with Gasteiger partial charge in [0.2, 0.25) is 0 Å². The van der Waals surface area contributed by atoms with Crippen LogP contribution in [0.15, 0.2) is 0 Å². The quantitative estimate of drug-likeness (QED) is 0.443. The van der Waals surface area contributed by atoms with E-state index in [4.69, 9.17) is 0 Å².